The van der Waals surface area contributed by atoms with E-state index in [0.717, 1.165) is 16.5 Å². The second-order valence-electron chi connectivity index (χ2n) is 5.27. The molecule has 0 aliphatic heterocycles. The van der Waals surface area contributed by atoms with E-state index >= 15 is 0 Å². The summed E-state index contributed by atoms with van der Waals surface area (Å²) in [5, 5.41) is 2.33. The van der Waals surface area contributed by atoms with Crippen LogP contribution < -0.4 is 0 Å². The molecule has 0 fully saturated rings. The standard InChI is InChI=1S/C18H16O/c1-13-7-6-12-18(2,17(13)19)16-11-5-9-14-8-3-4-10-15(14)16/h3-12H,1-2H3. The molecule has 0 N–H and O–H groups in total. The minimum absolute atomic E-state index is 0.186. The Bertz CT molecular complexity index is 716. The summed E-state index contributed by atoms with van der Waals surface area (Å²) >= 11 is 0. The van der Waals surface area contributed by atoms with Gasteiger partial charge in [0, 0.05) is 0 Å². The third-order valence-electron chi connectivity index (χ3n) is 3.95. The van der Waals surface area contributed by atoms with E-state index in [1.54, 1.807) is 0 Å². The molecular weight excluding hydrogens is 232 g/mol. The number of rotatable bonds is 1. The van der Waals surface area contributed by atoms with Crippen LogP contribution in [0.3, 0.4) is 0 Å². The van der Waals surface area contributed by atoms with E-state index < -0.39 is 5.41 Å². The van der Waals surface area contributed by atoms with Crippen LogP contribution in [0.5, 0.6) is 0 Å². The highest BCUT2D eigenvalue weighted by molar-refractivity contribution is 6.08. The molecule has 0 spiro atoms. The van der Waals surface area contributed by atoms with Crippen molar-refractivity contribution in [1.29, 1.82) is 0 Å². The van der Waals surface area contributed by atoms with Crippen LogP contribution in [0.2, 0.25) is 0 Å². The van der Waals surface area contributed by atoms with Crippen LogP contribution >= 0.6 is 0 Å². The molecule has 0 bridgehead atoms. The van der Waals surface area contributed by atoms with Gasteiger partial charge in [0.05, 0.1) is 5.41 Å². The number of allylic oxidation sites excluding steroid dienone is 4. The van der Waals surface area contributed by atoms with Gasteiger partial charge in [0.2, 0.25) is 0 Å². The summed E-state index contributed by atoms with van der Waals surface area (Å²) in [5.74, 6) is 0.186. The Hall–Kier alpha value is -2.15. The lowest BCUT2D eigenvalue weighted by atomic mass is 9.72. The first-order chi connectivity index (χ1) is 9.13. The second kappa shape index (κ2) is 4.20. The lowest BCUT2D eigenvalue weighted by molar-refractivity contribution is -0.118. The predicted octanol–water partition coefficient (Wildman–Crippen LogP) is 4.18. The molecule has 0 amide bonds. The van der Waals surface area contributed by atoms with E-state index in [1.165, 1.54) is 5.39 Å². The molecule has 0 heterocycles. The highest BCUT2D eigenvalue weighted by Gasteiger charge is 2.35. The lowest BCUT2D eigenvalue weighted by Gasteiger charge is -2.29. The predicted molar refractivity (Wildman–Crippen MR) is 79.2 cm³/mol. The minimum atomic E-state index is -0.556. The number of hydrogen-bond donors (Lipinski definition) is 0. The van der Waals surface area contributed by atoms with Crippen LogP contribution in [0.1, 0.15) is 19.4 Å². The molecule has 1 heteroatoms. The van der Waals surface area contributed by atoms with Gasteiger partial charge in [-0.1, -0.05) is 60.7 Å². The smallest absolute Gasteiger partial charge is 0.172 e. The molecule has 1 aliphatic rings. The molecule has 0 aromatic heterocycles. The van der Waals surface area contributed by atoms with E-state index in [-0.39, 0.29) is 5.78 Å². The molecular formula is C18H16O. The molecule has 0 radical (unpaired) electrons. The van der Waals surface area contributed by atoms with Crippen molar-refractivity contribution in [1.82, 2.24) is 0 Å². The van der Waals surface area contributed by atoms with E-state index in [0.29, 0.717) is 0 Å². The monoisotopic (exact) mass is 248 g/mol. The van der Waals surface area contributed by atoms with E-state index in [4.69, 9.17) is 0 Å². The fraction of sp³-hybridized carbons (Fsp3) is 0.167. The molecule has 1 aliphatic carbocycles. The first-order valence-electron chi connectivity index (χ1n) is 6.52. The molecule has 0 saturated carbocycles. The van der Waals surface area contributed by atoms with Crippen molar-refractivity contribution in [3.63, 3.8) is 0 Å². The summed E-state index contributed by atoms with van der Waals surface area (Å²) in [6.07, 6.45) is 5.87. The topological polar surface area (TPSA) is 17.1 Å². The highest BCUT2D eigenvalue weighted by atomic mass is 16.1. The van der Waals surface area contributed by atoms with Crippen molar-refractivity contribution in [2.24, 2.45) is 0 Å². The van der Waals surface area contributed by atoms with Crippen molar-refractivity contribution >= 4 is 16.6 Å². The second-order valence-corrected chi connectivity index (χ2v) is 5.27. The van der Waals surface area contributed by atoms with Gasteiger partial charge in [0.15, 0.2) is 5.78 Å². The highest BCUT2D eigenvalue weighted by Crippen LogP contribution is 2.36. The zero-order valence-corrected chi connectivity index (χ0v) is 11.2. The number of carbonyl (C=O) groups is 1. The Labute approximate surface area is 113 Å². The fourth-order valence-corrected chi connectivity index (χ4v) is 2.84. The van der Waals surface area contributed by atoms with Gasteiger partial charge in [-0.25, -0.2) is 0 Å². The Morgan fingerprint density at radius 1 is 1.00 bits per heavy atom. The van der Waals surface area contributed by atoms with E-state index in [2.05, 4.69) is 24.3 Å². The normalized spacial score (nSPS) is 22.6. The number of carbonyl (C=O) groups excluding carboxylic acids is 1. The summed E-state index contributed by atoms with van der Waals surface area (Å²) in [7, 11) is 0. The lowest BCUT2D eigenvalue weighted by Crippen LogP contribution is -2.32. The summed E-state index contributed by atoms with van der Waals surface area (Å²) in [6, 6.07) is 14.4. The summed E-state index contributed by atoms with van der Waals surface area (Å²) in [4.78, 5) is 12.6. The van der Waals surface area contributed by atoms with Crippen molar-refractivity contribution in [3.8, 4) is 0 Å². The maximum absolute atomic E-state index is 12.6. The molecule has 3 rings (SSSR count). The molecule has 1 atom stereocenters. The molecule has 1 nitrogen and oxygen atoms in total. The SMILES string of the molecule is CC1=CC=CC(C)(c2cccc3ccccc23)C1=O. The number of ketones is 1. The van der Waals surface area contributed by atoms with Gasteiger partial charge in [0.1, 0.15) is 0 Å². The number of Topliss-reactive ketones (excluding diaryl/α,β-unsaturated/α-hetero) is 1. The summed E-state index contributed by atoms with van der Waals surface area (Å²) < 4.78 is 0. The van der Waals surface area contributed by atoms with Crippen LogP contribution in [0.25, 0.3) is 10.8 Å². The fourth-order valence-electron chi connectivity index (χ4n) is 2.84. The van der Waals surface area contributed by atoms with Gasteiger partial charge in [-0.3, -0.25) is 4.79 Å². The molecule has 0 saturated heterocycles. The maximum atomic E-state index is 12.6. The van der Waals surface area contributed by atoms with Crippen LogP contribution in [0.15, 0.2) is 66.3 Å². The largest absolute Gasteiger partial charge is 0.293 e. The third-order valence-corrected chi connectivity index (χ3v) is 3.95. The molecule has 2 aromatic carbocycles. The average molecular weight is 248 g/mol. The van der Waals surface area contributed by atoms with Crippen molar-refractivity contribution in [3.05, 3.63) is 71.8 Å². The Morgan fingerprint density at radius 3 is 2.58 bits per heavy atom. The van der Waals surface area contributed by atoms with Crippen LogP contribution in [0.4, 0.5) is 0 Å². The van der Waals surface area contributed by atoms with Gasteiger partial charge in [0.25, 0.3) is 0 Å². The molecule has 19 heavy (non-hydrogen) atoms. The van der Waals surface area contributed by atoms with Gasteiger partial charge >= 0.3 is 0 Å². The summed E-state index contributed by atoms with van der Waals surface area (Å²) in [5.41, 5.74) is 1.34. The zero-order chi connectivity index (χ0) is 13.5. The van der Waals surface area contributed by atoms with Gasteiger partial charge in [-0.05, 0) is 35.8 Å². The van der Waals surface area contributed by atoms with Gasteiger partial charge in [-0.15, -0.1) is 0 Å². The molecule has 2 aromatic rings. The summed E-state index contributed by atoms with van der Waals surface area (Å²) in [6.45, 7) is 3.89. The zero-order valence-electron chi connectivity index (χ0n) is 11.2. The van der Waals surface area contributed by atoms with Gasteiger partial charge in [-0.2, -0.15) is 0 Å². The van der Waals surface area contributed by atoms with Crippen molar-refractivity contribution < 1.29 is 4.79 Å². The van der Waals surface area contributed by atoms with Crippen LogP contribution in [-0.2, 0) is 10.2 Å². The third kappa shape index (κ3) is 1.74. The Kier molecular flexibility index (Phi) is 2.63. The first-order valence-corrected chi connectivity index (χ1v) is 6.52. The van der Waals surface area contributed by atoms with E-state index in [1.807, 2.05) is 50.3 Å². The minimum Gasteiger partial charge on any atom is -0.293 e. The maximum Gasteiger partial charge on any atom is 0.172 e. The Morgan fingerprint density at radius 2 is 1.74 bits per heavy atom. The number of benzene rings is 2. The van der Waals surface area contributed by atoms with Gasteiger partial charge < -0.3 is 0 Å². The Balaban J connectivity index is 2.28. The van der Waals surface area contributed by atoms with Crippen LogP contribution in [0, 0.1) is 0 Å². The van der Waals surface area contributed by atoms with E-state index in [9.17, 15) is 4.79 Å². The van der Waals surface area contributed by atoms with Crippen molar-refractivity contribution in [2.75, 3.05) is 0 Å². The number of hydrogen-bond acceptors (Lipinski definition) is 1. The average Bonchev–Trinajstić information content (AvgIpc) is 2.44. The van der Waals surface area contributed by atoms with Crippen molar-refractivity contribution in [2.45, 2.75) is 19.3 Å². The molecule has 1 unspecified atom stereocenters. The quantitative estimate of drug-likeness (QED) is 0.739. The number of fused-ring (bicyclic) bond motifs is 1. The first kappa shape index (κ1) is 11.9. The molecule has 94 valence electrons. The van der Waals surface area contributed by atoms with Crippen LogP contribution in [-0.4, -0.2) is 5.78 Å².